The van der Waals surface area contributed by atoms with E-state index in [1.165, 1.54) is 4.57 Å². The van der Waals surface area contributed by atoms with Crippen molar-refractivity contribution in [3.05, 3.63) is 172 Å². The highest BCUT2D eigenvalue weighted by molar-refractivity contribution is 6.09. The highest BCUT2D eigenvalue weighted by Gasteiger charge is 2.18. The molecule has 0 saturated carbocycles. The van der Waals surface area contributed by atoms with Crippen LogP contribution in [0, 0.1) is 0 Å². The fourth-order valence-corrected chi connectivity index (χ4v) is 6.12. The first-order valence-corrected chi connectivity index (χ1v) is 14.2. The number of nitrogens with zero attached hydrogens (tertiary/aromatic N) is 3. The third-order valence-electron chi connectivity index (χ3n) is 8.12. The number of aromatic nitrogens is 3. The van der Waals surface area contributed by atoms with Crippen molar-refractivity contribution in [3.63, 3.8) is 0 Å². The Morgan fingerprint density at radius 1 is 0.349 bits per heavy atom. The van der Waals surface area contributed by atoms with Crippen molar-refractivity contribution < 1.29 is 0 Å². The van der Waals surface area contributed by atoms with E-state index < -0.39 is 5.69 Å². The molecule has 43 heavy (non-hydrogen) atoms. The van der Waals surface area contributed by atoms with Crippen LogP contribution in [0.1, 0.15) is 0 Å². The molecule has 0 atom stereocenters. The minimum Gasteiger partial charge on any atom is -0.309 e. The maximum Gasteiger partial charge on any atom is 0.340 e. The SMILES string of the molecule is O=c1c2ccccc2n(-c2ccc3c4ccccc4n(-c4ccccc4)c3c2)c(=O)n1-c1ccc(-c2ccccc2)cc1. The first-order chi connectivity index (χ1) is 21.2. The van der Waals surface area contributed by atoms with Gasteiger partial charge in [-0.15, -0.1) is 0 Å². The second-order valence-electron chi connectivity index (χ2n) is 10.6. The Labute approximate surface area is 246 Å². The summed E-state index contributed by atoms with van der Waals surface area (Å²) in [6.07, 6.45) is 0. The standard InChI is InChI=1S/C38H25N3O2/c42-37-33-16-8-10-18-35(33)40(38(43)41(37)29-21-19-27(20-22-29)26-11-3-1-4-12-26)30-23-24-32-31-15-7-9-17-34(31)39(36(32)25-30)28-13-5-2-6-14-28/h1-25H. The number of benzene rings is 6. The van der Waals surface area contributed by atoms with Crippen molar-refractivity contribution in [3.8, 4) is 28.2 Å². The van der Waals surface area contributed by atoms with Crippen LogP contribution in [-0.4, -0.2) is 13.7 Å². The monoisotopic (exact) mass is 555 g/mol. The summed E-state index contributed by atoms with van der Waals surface area (Å²) in [5.74, 6) is 0. The lowest BCUT2D eigenvalue weighted by Gasteiger charge is -2.15. The normalized spacial score (nSPS) is 11.4. The zero-order valence-electron chi connectivity index (χ0n) is 23.1. The van der Waals surface area contributed by atoms with Crippen molar-refractivity contribution in [1.82, 2.24) is 13.7 Å². The average Bonchev–Trinajstić information content (AvgIpc) is 3.40. The molecule has 0 N–H and O–H groups in total. The molecule has 0 spiro atoms. The van der Waals surface area contributed by atoms with Gasteiger partial charge in [0.2, 0.25) is 0 Å². The molecular formula is C38H25N3O2. The van der Waals surface area contributed by atoms with Crippen LogP contribution in [0.25, 0.3) is 60.9 Å². The van der Waals surface area contributed by atoms with E-state index in [1.54, 1.807) is 10.6 Å². The summed E-state index contributed by atoms with van der Waals surface area (Å²) in [4.78, 5) is 28.1. The van der Waals surface area contributed by atoms with E-state index in [-0.39, 0.29) is 5.56 Å². The lowest BCUT2D eigenvalue weighted by molar-refractivity contribution is 0.835. The van der Waals surface area contributed by atoms with Gasteiger partial charge in [0.15, 0.2) is 0 Å². The van der Waals surface area contributed by atoms with Crippen molar-refractivity contribution in [2.24, 2.45) is 0 Å². The predicted octanol–water partition coefficient (Wildman–Crippen LogP) is 7.91. The zero-order valence-corrected chi connectivity index (χ0v) is 23.1. The molecular weight excluding hydrogens is 530 g/mol. The minimum atomic E-state index is -0.419. The first-order valence-electron chi connectivity index (χ1n) is 14.2. The third kappa shape index (κ3) is 3.94. The van der Waals surface area contributed by atoms with Crippen LogP contribution >= 0.6 is 0 Å². The van der Waals surface area contributed by atoms with Crippen LogP contribution in [0.15, 0.2) is 161 Å². The van der Waals surface area contributed by atoms with E-state index in [9.17, 15) is 9.59 Å². The number of para-hydroxylation sites is 3. The van der Waals surface area contributed by atoms with Crippen LogP contribution in [0.2, 0.25) is 0 Å². The number of hydrogen-bond acceptors (Lipinski definition) is 2. The Balaban J connectivity index is 1.39. The Hall–Kier alpha value is -5.94. The quantitative estimate of drug-likeness (QED) is 0.222. The Bertz CT molecular complexity index is 2420. The highest BCUT2D eigenvalue weighted by atomic mass is 16.2. The summed E-state index contributed by atoms with van der Waals surface area (Å²) < 4.78 is 5.14. The maximum atomic E-state index is 14.3. The van der Waals surface area contributed by atoms with Crippen molar-refractivity contribution in [2.45, 2.75) is 0 Å². The molecule has 0 saturated heterocycles. The smallest absolute Gasteiger partial charge is 0.309 e. The Morgan fingerprint density at radius 3 is 1.58 bits per heavy atom. The lowest BCUT2D eigenvalue weighted by atomic mass is 10.1. The molecule has 0 aliphatic heterocycles. The number of rotatable bonds is 4. The van der Waals surface area contributed by atoms with Gasteiger partial charge in [-0.25, -0.2) is 9.36 Å². The Morgan fingerprint density at radius 2 is 0.860 bits per heavy atom. The van der Waals surface area contributed by atoms with Crippen LogP contribution < -0.4 is 11.2 Å². The van der Waals surface area contributed by atoms with Gasteiger partial charge in [0, 0.05) is 16.5 Å². The van der Waals surface area contributed by atoms with Crippen LogP contribution in [-0.2, 0) is 0 Å². The van der Waals surface area contributed by atoms with Gasteiger partial charge in [0.05, 0.1) is 33.3 Å². The highest BCUT2D eigenvalue weighted by Crippen LogP contribution is 2.33. The maximum absolute atomic E-state index is 14.3. The molecule has 8 rings (SSSR count). The summed E-state index contributed by atoms with van der Waals surface area (Å²) in [5, 5.41) is 2.69. The third-order valence-corrected chi connectivity index (χ3v) is 8.12. The van der Waals surface area contributed by atoms with Gasteiger partial charge in [-0.3, -0.25) is 9.36 Å². The van der Waals surface area contributed by atoms with E-state index in [0.717, 1.165) is 38.6 Å². The van der Waals surface area contributed by atoms with Crippen LogP contribution in [0.4, 0.5) is 0 Å². The van der Waals surface area contributed by atoms with Crippen molar-refractivity contribution in [2.75, 3.05) is 0 Å². The van der Waals surface area contributed by atoms with Gasteiger partial charge in [0.25, 0.3) is 5.56 Å². The van der Waals surface area contributed by atoms with Crippen LogP contribution in [0.5, 0.6) is 0 Å². The number of fused-ring (bicyclic) bond motifs is 4. The van der Waals surface area contributed by atoms with E-state index in [1.807, 2.05) is 115 Å². The lowest BCUT2D eigenvalue weighted by Crippen LogP contribution is -2.38. The molecule has 0 aliphatic rings. The van der Waals surface area contributed by atoms with Gasteiger partial charge in [-0.1, -0.05) is 97.1 Å². The van der Waals surface area contributed by atoms with Crippen molar-refractivity contribution >= 4 is 32.7 Å². The molecule has 5 heteroatoms. The average molecular weight is 556 g/mol. The fourth-order valence-electron chi connectivity index (χ4n) is 6.12. The molecule has 8 aromatic rings. The summed E-state index contributed by atoms with van der Waals surface area (Å²) in [6.45, 7) is 0. The Kier molecular flexibility index (Phi) is 5.69. The molecule has 2 aromatic heterocycles. The zero-order chi connectivity index (χ0) is 28.9. The molecule has 0 bridgehead atoms. The minimum absolute atomic E-state index is 0.344. The summed E-state index contributed by atoms with van der Waals surface area (Å²) in [5.41, 5.74) is 6.19. The summed E-state index contributed by atoms with van der Waals surface area (Å²) in [7, 11) is 0. The molecule has 0 amide bonds. The molecule has 0 radical (unpaired) electrons. The molecule has 2 heterocycles. The van der Waals surface area contributed by atoms with Crippen molar-refractivity contribution in [1.29, 1.82) is 0 Å². The molecule has 204 valence electrons. The van der Waals surface area contributed by atoms with Crippen LogP contribution in [0.3, 0.4) is 0 Å². The van der Waals surface area contributed by atoms with Gasteiger partial charge < -0.3 is 4.57 Å². The predicted molar refractivity (Wildman–Crippen MR) is 175 cm³/mol. The molecule has 0 aliphatic carbocycles. The van der Waals surface area contributed by atoms with E-state index in [0.29, 0.717) is 22.3 Å². The largest absolute Gasteiger partial charge is 0.340 e. The molecule has 0 unspecified atom stereocenters. The summed E-state index contributed by atoms with van der Waals surface area (Å²) in [6, 6.07) is 49.5. The van der Waals surface area contributed by atoms with Gasteiger partial charge in [-0.05, 0) is 65.7 Å². The van der Waals surface area contributed by atoms with Gasteiger partial charge >= 0.3 is 5.69 Å². The molecule has 5 nitrogen and oxygen atoms in total. The fraction of sp³-hybridized carbons (Fsp3) is 0. The van der Waals surface area contributed by atoms with Gasteiger partial charge in [0.1, 0.15) is 0 Å². The van der Waals surface area contributed by atoms with E-state index in [2.05, 4.69) is 34.9 Å². The molecule has 0 fully saturated rings. The van der Waals surface area contributed by atoms with E-state index >= 15 is 0 Å². The second kappa shape index (κ2) is 9.86. The van der Waals surface area contributed by atoms with Gasteiger partial charge in [-0.2, -0.15) is 0 Å². The number of hydrogen-bond donors (Lipinski definition) is 0. The first kappa shape index (κ1) is 24.8. The van der Waals surface area contributed by atoms with E-state index in [4.69, 9.17) is 0 Å². The second-order valence-corrected chi connectivity index (χ2v) is 10.6. The topological polar surface area (TPSA) is 48.9 Å². The molecule has 6 aromatic carbocycles. The summed E-state index contributed by atoms with van der Waals surface area (Å²) >= 11 is 0.